The van der Waals surface area contributed by atoms with Crippen LogP contribution in [0.25, 0.3) is 0 Å². The quantitative estimate of drug-likeness (QED) is 0.524. The molecule has 3 rings (SSSR count). The van der Waals surface area contributed by atoms with Gasteiger partial charge in [-0.3, -0.25) is 0 Å². The zero-order valence-electron chi connectivity index (χ0n) is 18.7. The summed E-state index contributed by atoms with van der Waals surface area (Å²) in [5, 5.41) is 12.0. The van der Waals surface area contributed by atoms with Gasteiger partial charge in [0.05, 0.1) is 0 Å². The third-order valence-corrected chi connectivity index (χ3v) is 7.45. The Morgan fingerprint density at radius 3 is 1.21 bits per heavy atom. The molecule has 0 aromatic heterocycles. The summed E-state index contributed by atoms with van der Waals surface area (Å²) in [6.07, 6.45) is 11.0. The second kappa shape index (κ2) is 11.6. The summed E-state index contributed by atoms with van der Waals surface area (Å²) in [6.45, 7) is 8.61. The van der Waals surface area contributed by atoms with Crippen LogP contribution in [0.5, 0.6) is 0 Å². The number of hydrogen-bond acceptors (Lipinski definition) is 3. The zero-order valence-corrected chi connectivity index (χ0v) is 18.7. The minimum Gasteiger partial charge on any atom is -0.344 e. The van der Waals surface area contributed by atoms with E-state index in [0.717, 1.165) is 48.6 Å². The van der Waals surface area contributed by atoms with Crippen LogP contribution in [-0.4, -0.2) is 0 Å². The Morgan fingerprint density at radius 1 is 0.655 bits per heavy atom. The highest BCUT2D eigenvalue weighted by Gasteiger charge is 2.27. The third kappa shape index (κ3) is 6.22. The topological polar surface area (TPSA) is 82.6 Å². The summed E-state index contributed by atoms with van der Waals surface area (Å²) in [5.74, 6) is 1.51. The fraction of sp³-hybridized carbons (Fsp3) is 0.750. The van der Waals surface area contributed by atoms with Gasteiger partial charge in [-0.1, -0.05) is 39.5 Å². The third-order valence-electron chi connectivity index (χ3n) is 7.45. The summed E-state index contributed by atoms with van der Waals surface area (Å²) >= 11 is 0. The van der Waals surface area contributed by atoms with Crippen LogP contribution >= 0.6 is 0 Å². The maximum absolute atomic E-state index is 15.0. The predicted octanol–water partition coefficient (Wildman–Crippen LogP) is 7.51. The lowest BCUT2D eigenvalue weighted by Crippen LogP contribution is -2.19. The highest BCUT2D eigenvalue weighted by molar-refractivity contribution is 5.42. The SMILES string of the molecule is Cc1c(C)c(CC2CCC(C)CC2)c(F)c(F)c1CC1CCC(C)CC1.N.N#N. The molecule has 0 heterocycles. The van der Waals surface area contributed by atoms with Gasteiger partial charge in [0.1, 0.15) is 0 Å². The number of nitrogens with zero attached hydrogens (tertiary/aromatic N) is 2. The smallest absolute Gasteiger partial charge is 0.162 e. The van der Waals surface area contributed by atoms with Crippen molar-refractivity contribution in [1.29, 1.82) is 10.8 Å². The van der Waals surface area contributed by atoms with Gasteiger partial charge in [0.25, 0.3) is 0 Å². The van der Waals surface area contributed by atoms with E-state index in [2.05, 4.69) is 13.8 Å². The van der Waals surface area contributed by atoms with Gasteiger partial charge in [-0.15, -0.1) is 0 Å². The molecule has 0 spiro atoms. The van der Waals surface area contributed by atoms with Crippen LogP contribution in [0.1, 0.15) is 87.5 Å². The molecule has 1 aromatic rings. The Labute approximate surface area is 175 Å². The summed E-state index contributed by atoms with van der Waals surface area (Å²) in [5.41, 5.74) is 3.31. The molecular weight excluding hydrogens is 368 g/mol. The van der Waals surface area contributed by atoms with Crippen LogP contribution in [0.2, 0.25) is 0 Å². The molecule has 2 fully saturated rings. The molecule has 2 aliphatic carbocycles. The standard InChI is InChI=1S/C24H36F2.N2.H3N/c1-15-5-9-19(10-6-15)13-21-17(3)18(4)22(24(26)23(21)25)14-20-11-7-16(2)8-12-20;1-2;/h15-16,19-20H,5-14H2,1-4H3;;1H3. The van der Waals surface area contributed by atoms with Crippen molar-refractivity contribution in [2.75, 3.05) is 0 Å². The molecule has 0 amide bonds. The van der Waals surface area contributed by atoms with Crippen molar-refractivity contribution in [3.05, 3.63) is 33.9 Å². The summed E-state index contributed by atoms with van der Waals surface area (Å²) in [4.78, 5) is 0. The van der Waals surface area contributed by atoms with E-state index in [1.54, 1.807) is 0 Å². The van der Waals surface area contributed by atoms with Gasteiger partial charge in [-0.2, -0.15) is 0 Å². The Hall–Kier alpha value is -1.54. The number of benzene rings is 1. The Balaban J connectivity index is 0.00000136. The highest BCUT2D eigenvalue weighted by Crippen LogP contribution is 2.36. The maximum Gasteiger partial charge on any atom is 0.162 e. The molecule has 0 radical (unpaired) electrons. The first kappa shape index (κ1) is 25.5. The van der Waals surface area contributed by atoms with E-state index in [1.807, 2.05) is 13.8 Å². The molecule has 164 valence electrons. The van der Waals surface area contributed by atoms with E-state index >= 15 is 0 Å². The highest BCUT2D eigenvalue weighted by atomic mass is 19.2. The lowest BCUT2D eigenvalue weighted by Gasteiger charge is -2.29. The molecule has 0 bridgehead atoms. The summed E-state index contributed by atoms with van der Waals surface area (Å²) in [7, 11) is 0. The molecule has 2 saturated carbocycles. The van der Waals surface area contributed by atoms with Crippen molar-refractivity contribution in [1.82, 2.24) is 6.15 Å². The number of halogens is 2. The predicted molar refractivity (Wildman–Crippen MR) is 114 cm³/mol. The fourth-order valence-corrected chi connectivity index (χ4v) is 5.18. The zero-order chi connectivity index (χ0) is 20.8. The molecule has 0 saturated heterocycles. The Bertz CT molecular complexity index is 586. The van der Waals surface area contributed by atoms with Gasteiger partial charge < -0.3 is 6.15 Å². The first-order chi connectivity index (χ1) is 13.4. The molecule has 0 atom stereocenters. The molecular formula is C24H39F2N3. The van der Waals surface area contributed by atoms with Crippen LogP contribution < -0.4 is 6.15 Å². The molecule has 29 heavy (non-hydrogen) atoms. The van der Waals surface area contributed by atoms with Gasteiger partial charge in [0.2, 0.25) is 0 Å². The van der Waals surface area contributed by atoms with Crippen LogP contribution in [0.15, 0.2) is 0 Å². The van der Waals surface area contributed by atoms with E-state index in [0.29, 0.717) is 35.8 Å². The Kier molecular flexibility index (Phi) is 10.2. The second-order valence-corrected chi connectivity index (χ2v) is 9.50. The normalized spacial score (nSPS) is 26.8. The van der Waals surface area contributed by atoms with Gasteiger partial charge >= 0.3 is 0 Å². The molecule has 2 aliphatic rings. The van der Waals surface area contributed by atoms with Crippen LogP contribution in [0.4, 0.5) is 8.78 Å². The fourth-order valence-electron chi connectivity index (χ4n) is 5.18. The van der Waals surface area contributed by atoms with Gasteiger partial charge in [-0.25, -0.2) is 8.78 Å². The minimum absolute atomic E-state index is 0. The number of hydrogen-bond donors (Lipinski definition) is 1. The van der Waals surface area contributed by atoms with Gasteiger partial charge in [0.15, 0.2) is 11.6 Å². The van der Waals surface area contributed by atoms with Crippen molar-refractivity contribution in [2.24, 2.45) is 23.7 Å². The van der Waals surface area contributed by atoms with Crippen molar-refractivity contribution in [2.45, 2.75) is 91.9 Å². The monoisotopic (exact) mass is 407 g/mol. The molecule has 0 unspecified atom stereocenters. The molecule has 3 nitrogen and oxygen atoms in total. The van der Waals surface area contributed by atoms with Gasteiger partial charge in [-0.05, 0) is 98.3 Å². The largest absolute Gasteiger partial charge is 0.344 e. The Morgan fingerprint density at radius 2 is 0.931 bits per heavy atom. The lowest BCUT2D eigenvalue weighted by molar-refractivity contribution is 0.283. The van der Waals surface area contributed by atoms with Crippen molar-refractivity contribution in [3.63, 3.8) is 0 Å². The molecule has 3 N–H and O–H groups in total. The second-order valence-electron chi connectivity index (χ2n) is 9.50. The first-order valence-electron chi connectivity index (χ1n) is 11.0. The summed E-state index contributed by atoms with van der Waals surface area (Å²) in [6, 6.07) is 0. The summed E-state index contributed by atoms with van der Waals surface area (Å²) < 4.78 is 30.0. The van der Waals surface area contributed by atoms with Crippen molar-refractivity contribution < 1.29 is 8.78 Å². The van der Waals surface area contributed by atoms with Crippen LogP contribution in [0.3, 0.4) is 0 Å². The van der Waals surface area contributed by atoms with E-state index in [9.17, 15) is 8.78 Å². The van der Waals surface area contributed by atoms with Crippen molar-refractivity contribution >= 4 is 0 Å². The van der Waals surface area contributed by atoms with Crippen molar-refractivity contribution in [3.8, 4) is 0 Å². The lowest BCUT2D eigenvalue weighted by atomic mass is 9.77. The molecule has 5 heteroatoms. The van der Waals surface area contributed by atoms with Gasteiger partial charge in [0, 0.05) is 10.8 Å². The van der Waals surface area contributed by atoms with E-state index in [1.165, 1.54) is 25.7 Å². The first-order valence-corrected chi connectivity index (χ1v) is 11.0. The molecule has 1 aromatic carbocycles. The average molecular weight is 408 g/mol. The van der Waals surface area contributed by atoms with Crippen LogP contribution in [-0.2, 0) is 12.8 Å². The maximum atomic E-state index is 15.0. The minimum atomic E-state index is -0.550. The van der Waals surface area contributed by atoms with E-state index in [4.69, 9.17) is 10.8 Å². The van der Waals surface area contributed by atoms with E-state index < -0.39 is 11.6 Å². The molecule has 0 aliphatic heterocycles. The average Bonchev–Trinajstić information content (AvgIpc) is 2.71. The van der Waals surface area contributed by atoms with Crippen LogP contribution in [0, 0.1) is 59.9 Å². The number of rotatable bonds is 4. The van der Waals surface area contributed by atoms with E-state index in [-0.39, 0.29) is 6.15 Å².